The molecule has 8 nitrogen and oxygen atoms in total. The smallest absolute Gasteiger partial charge is 0.338 e. The van der Waals surface area contributed by atoms with E-state index >= 15 is 0 Å². The molecule has 0 saturated carbocycles. The summed E-state index contributed by atoms with van der Waals surface area (Å²) in [5, 5.41) is 3.15. The van der Waals surface area contributed by atoms with Crippen LogP contribution in [0.4, 0.5) is 0 Å². The Balaban J connectivity index is 1.77. The van der Waals surface area contributed by atoms with Crippen molar-refractivity contribution < 1.29 is 17.7 Å². The average Bonchev–Trinajstić information content (AvgIpc) is 2.95. The van der Waals surface area contributed by atoms with E-state index in [1.165, 1.54) is 0 Å². The van der Waals surface area contributed by atoms with Gasteiger partial charge in [0.15, 0.2) is 15.7 Å². The van der Waals surface area contributed by atoms with Gasteiger partial charge in [0.25, 0.3) is 5.91 Å². The molecule has 1 aliphatic heterocycles. The van der Waals surface area contributed by atoms with Crippen molar-refractivity contribution in [2.75, 3.05) is 18.8 Å². The van der Waals surface area contributed by atoms with Gasteiger partial charge in [0.2, 0.25) is 0 Å². The van der Waals surface area contributed by atoms with Crippen LogP contribution in [0.5, 0.6) is 0 Å². The highest BCUT2D eigenvalue weighted by Gasteiger charge is 2.28. The highest BCUT2D eigenvalue weighted by Crippen LogP contribution is 2.18. The standard InChI is InChI=1S/C15H17N3O5S/c1-10-6-7-18(8-9-24(10,21)22)14(19)12-4-2-11(3-5-12)13-16-15(20)23-17-13/h2-5,10H,6-9H2,1H3,(H,16,17,20). The van der Waals surface area contributed by atoms with Crippen molar-refractivity contribution >= 4 is 15.7 Å². The topological polar surface area (TPSA) is 113 Å². The van der Waals surface area contributed by atoms with Crippen LogP contribution in [0, 0.1) is 0 Å². The molecule has 1 unspecified atom stereocenters. The van der Waals surface area contributed by atoms with Gasteiger partial charge < -0.3 is 4.90 Å². The van der Waals surface area contributed by atoms with Gasteiger partial charge >= 0.3 is 5.76 Å². The fraction of sp³-hybridized carbons (Fsp3) is 0.400. The molecule has 1 aromatic carbocycles. The lowest BCUT2D eigenvalue weighted by molar-refractivity contribution is 0.0767. The molecule has 0 radical (unpaired) electrons. The lowest BCUT2D eigenvalue weighted by Crippen LogP contribution is -2.33. The number of amides is 1. The monoisotopic (exact) mass is 351 g/mol. The van der Waals surface area contributed by atoms with Gasteiger partial charge in [-0.25, -0.2) is 13.2 Å². The first-order valence-corrected chi connectivity index (χ1v) is 9.25. The summed E-state index contributed by atoms with van der Waals surface area (Å²) in [6.07, 6.45) is 0.437. The van der Waals surface area contributed by atoms with Gasteiger partial charge in [0, 0.05) is 24.2 Å². The highest BCUT2D eigenvalue weighted by molar-refractivity contribution is 7.92. The van der Waals surface area contributed by atoms with Crippen LogP contribution < -0.4 is 5.76 Å². The maximum absolute atomic E-state index is 12.6. The number of hydrogen-bond donors (Lipinski definition) is 1. The molecule has 1 N–H and O–H groups in total. The summed E-state index contributed by atoms with van der Waals surface area (Å²) in [6, 6.07) is 6.54. The SMILES string of the molecule is CC1CCN(C(=O)c2ccc(-c3noc(=O)[nH]3)cc2)CCS1(=O)=O. The lowest BCUT2D eigenvalue weighted by atomic mass is 10.1. The molecule has 24 heavy (non-hydrogen) atoms. The number of aromatic amines is 1. The molecule has 1 aromatic heterocycles. The minimum Gasteiger partial charge on any atom is -0.338 e. The molecule has 1 saturated heterocycles. The van der Waals surface area contributed by atoms with E-state index in [4.69, 9.17) is 0 Å². The molecule has 128 valence electrons. The predicted octanol–water partition coefficient (Wildman–Crippen LogP) is 0.679. The predicted molar refractivity (Wildman–Crippen MR) is 86.3 cm³/mol. The number of benzene rings is 1. The van der Waals surface area contributed by atoms with Crippen LogP contribution in [-0.2, 0) is 9.84 Å². The van der Waals surface area contributed by atoms with Crippen LogP contribution >= 0.6 is 0 Å². The number of aromatic nitrogens is 2. The van der Waals surface area contributed by atoms with Gasteiger partial charge in [0.05, 0.1) is 11.0 Å². The highest BCUT2D eigenvalue weighted by atomic mass is 32.2. The van der Waals surface area contributed by atoms with E-state index in [2.05, 4.69) is 14.7 Å². The number of sulfone groups is 1. The molecule has 0 aliphatic carbocycles. The zero-order valence-electron chi connectivity index (χ0n) is 13.1. The lowest BCUT2D eigenvalue weighted by Gasteiger charge is -2.19. The fourth-order valence-electron chi connectivity index (χ4n) is 2.58. The second-order valence-corrected chi connectivity index (χ2v) is 8.32. The maximum Gasteiger partial charge on any atom is 0.439 e. The first-order valence-electron chi connectivity index (χ1n) is 7.54. The van der Waals surface area contributed by atoms with E-state index in [-0.39, 0.29) is 24.0 Å². The largest absolute Gasteiger partial charge is 0.439 e. The number of nitrogens with one attached hydrogen (secondary N) is 1. The minimum atomic E-state index is -3.13. The van der Waals surface area contributed by atoms with E-state index in [0.29, 0.717) is 24.1 Å². The Morgan fingerprint density at radius 2 is 2.00 bits per heavy atom. The Bertz CT molecular complexity index is 898. The first-order chi connectivity index (χ1) is 11.4. The number of carbonyl (C=O) groups is 1. The molecular weight excluding hydrogens is 334 g/mol. The van der Waals surface area contributed by atoms with Crippen molar-refractivity contribution in [3.63, 3.8) is 0 Å². The Labute approximate surface area is 138 Å². The van der Waals surface area contributed by atoms with Gasteiger partial charge in [-0.2, -0.15) is 0 Å². The van der Waals surface area contributed by atoms with Gasteiger partial charge in [0.1, 0.15) is 0 Å². The average molecular weight is 351 g/mol. The Morgan fingerprint density at radius 3 is 2.62 bits per heavy atom. The molecule has 2 aromatic rings. The zero-order valence-corrected chi connectivity index (χ0v) is 13.9. The van der Waals surface area contributed by atoms with Crippen molar-refractivity contribution in [1.82, 2.24) is 15.0 Å². The number of nitrogens with zero attached hydrogens (tertiary/aromatic N) is 2. The van der Waals surface area contributed by atoms with Crippen LogP contribution in [0.25, 0.3) is 11.4 Å². The van der Waals surface area contributed by atoms with Crippen LogP contribution in [0.15, 0.2) is 33.6 Å². The van der Waals surface area contributed by atoms with Crippen LogP contribution in [0.2, 0.25) is 0 Å². The van der Waals surface area contributed by atoms with Gasteiger partial charge in [-0.1, -0.05) is 17.3 Å². The summed E-state index contributed by atoms with van der Waals surface area (Å²) in [7, 11) is -3.13. The molecule has 9 heteroatoms. The Morgan fingerprint density at radius 1 is 1.29 bits per heavy atom. The Hall–Kier alpha value is -2.42. The summed E-state index contributed by atoms with van der Waals surface area (Å²) >= 11 is 0. The van der Waals surface area contributed by atoms with E-state index < -0.39 is 20.8 Å². The maximum atomic E-state index is 12.6. The molecule has 1 amide bonds. The van der Waals surface area contributed by atoms with E-state index in [1.807, 2.05) is 0 Å². The number of H-pyrrole nitrogens is 1. The second kappa shape index (κ2) is 6.23. The van der Waals surface area contributed by atoms with Crippen LogP contribution in [0.3, 0.4) is 0 Å². The van der Waals surface area contributed by atoms with Gasteiger partial charge in [-0.15, -0.1) is 0 Å². The summed E-state index contributed by atoms with van der Waals surface area (Å²) in [5.74, 6) is -0.587. The fourth-order valence-corrected chi connectivity index (χ4v) is 3.92. The normalized spacial score (nSPS) is 20.5. The van der Waals surface area contributed by atoms with Crippen molar-refractivity contribution in [2.24, 2.45) is 0 Å². The molecule has 1 aliphatic rings. The van der Waals surface area contributed by atoms with E-state index in [9.17, 15) is 18.0 Å². The molecule has 0 bridgehead atoms. The summed E-state index contributed by atoms with van der Waals surface area (Å²) in [4.78, 5) is 27.5. The van der Waals surface area contributed by atoms with Crippen molar-refractivity contribution in [3.05, 3.63) is 40.4 Å². The summed E-state index contributed by atoms with van der Waals surface area (Å²) in [6.45, 7) is 2.29. The summed E-state index contributed by atoms with van der Waals surface area (Å²) < 4.78 is 28.3. The first kappa shape index (κ1) is 16.4. The third kappa shape index (κ3) is 3.25. The van der Waals surface area contributed by atoms with Gasteiger partial charge in [-0.05, 0) is 25.5 Å². The molecule has 1 fully saturated rings. The van der Waals surface area contributed by atoms with Crippen LogP contribution in [0.1, 0.15) is 23.7 Å². The quantitative estimate of drug-likeness (QED) is 0.851. The number of rotatable bonds is 2. The third-order valence-corrected chi connectivity index (χ3v) is 6.41. The third-order valence-electron chi connectivity index (χ3n) is 4.20. The van der Waals surface area contributed by atoms with E-state index in [0.717, 1.165) is 0 Å². The van der Waals surface area contributed by atoms with Gasteiger partial charge in [-0.3, -0.25) is 14.3 Å². The van der Waals surface area contributed by atoms with Crippen molar-refractivity contribution in [1.29, 1.82) is 0 Å². The van der Waals surface area contributed by atoms with Crippen molar-refractivity contribution in [2.45, 2.75) is 18.6 Å². The molecule has 3 rings (SSSR count). The van der Waals surface area contributed by atoms with Crippen LogP contribution in [-0.4, -0.2) is 53.5 Å². The molecular formula is C15H17N3O5S. The number of hydrogen-bond acceptors (Lipinski definition) is 6. The van der Waals surface area contributed by atoms with E-state index in [1.54, 1.807) is 36.1 Å². The number of carbonyl (C=O) groups excluding carboxylic acids is 1. The second-order valence-electron chi connectivity index (χ2n) is 5.78. The Kier molecular flexibility index (Phi) is 4.27. The molecule has 1 atom stereocenters. The molecule has 2 heterocycles. The summed E-state index contributed by atoms with van der Waals surface area (Å²) in [5.41, 5.74) is 1.07. The minimum absolute atomic E-state index is 0.0157. The molecule has 0 spiro atoms. The zero-order chi connectivity index (χ0) is 17.3. The van der Waals surface area contributed by atoms with Crippen molar-refractivity contribution in [3.8, 4) is 11.4 Å².